The van der Waals surface area contributed by atoms with Gasteiger partial charge in [-0.05, 0) is 29.2 Å². The fourth-order valence-electron chi connectivity index (χ4n) is 4.60. The Morgan fingerprint density at radius 3 is 2.59 bits per heavy atom. The first-order valence-electron chi connectivity index (χ1n) is 9.77. The van der Waals surface area contributed by atoms with E-state index in [9.17, 15) is 9.59 Å². The van der Waals surface area contributed by atoms with Crippen LogP contribution in [0.2, 0.25) is 0 Å². The van der Waals surface area contributed by atoms with E-state index in [1.165, 1.54) is 4.68 Å². The number of Topliss-reactive ketones (excluding diaryl/α,β-unsaturated/α-hetero) is 1. The van der Waals surface area contributed by atoms with Crippen molar-refractivity contribution in [1.82, 2.24) is 14.8 Å². The highest BCUT2D eigenvalue weighted by molar-refractivity contribution is 5.90. The summed E-state index contributed by atoms with van der Waals surface area (Å²) in [5.41, 5.74) is 2.68. The maximum Gasteiger partial charge on any atom is 0.277 e. The quantitative estimate of drug-likeness (QED) is 0.705. The van der Waals surface area contributed by atoms with Crippen molar-refractivity contribution in [3.63, 3.8) is 0 Å². The number of nitrogens with one attached hydrogen (secondary N) is 2. The van der Waals surface area contributed by atoms with E-state index in [-0.39, 0.29) is 22.7 Å². The van der Waals surface area contributed by atoms with E-state index in [1.807, 2.05) is 42.5 Å². The van der Waals surface area contributed by atoms with Gasteiger partial charge in [-0.3, -0.25) is 19.7 Å². The normalized spacial score (nSPS) is 22.3. The molecule has 3 aromatic rings. The summed E-state index contributed by atoms with van der Waals surface area (Å²) in [4.78, 5) is 30.9. The lowest BCUT2D eigenvalue weighted by Crippen LogP contribution is -2.40. The fraction of sp³-hybridized carbons (Fsp3) is 0.261. The second kappa shape index (κ2) is 6.30. The van der Waals surface area contributed by atoms with Gasteiger partial charge in [-0.25, -0.2) is 4.68 Å². The summed E-state index contributed by atoms with van der Waals surface area (Å²) in [5, 5.41) is 6.57. The van der Waals surface area contributed by atoms with E-state index in [1.54, 1.807) is 12.4 Å². The molecule has 2 aromatic heterocycles. The van der Waals surface area contributed by atoms with Crippen molar-refractivity contribution in [3.8, 4) is 5.69 Å². The predicted molar refractivity (Wildman–Crippen MR) is 111 cm³/mol. The number of anilines is 1. The highest BCUT2D eigenvalue weighted by Gasteiger charge is 2.46. The van der Waals surface area contributed by atoms with Crippen LogP contribution < -0.4 is 10.9 Å². The average Bonchev–Trinajstić information content (AvgIpc) is 3.03. The third-order valence-corrected chi connectivity index (χ3v) is 5.76. The molecule has 1 aliphatic heterocycles. The number of aromatic amines is 1. The Kier molecular flexibility index (Phi) is 3.84. The smallest absolute Gasteiger partial charge is 0.277 e. The van der Waals surface area contributed by atoms with Gasteiger partial charge in [0.05, 0.1) is 17.2 Å². The largest absolute Gasteiger partial charge is 0.343 e. The summed E-state index contributed by atoms with van der Waals surface area (Å²) in [6.45, 7) is 4.12. The summed E-state index contributed by atoms with van der Waals surface area (Å²) in [6, 6.07) is 13.2. The van der Waals surface area contributed by atoms with Gasteiger partial charge in [0.1, 0.15) is 11.6 Å². The van der Waals surface area contributed by atoms with E-state index >= 15 is 0 Å². The number of hydrogen-bond donors (Lipinski definition) is 2. The minimum atomic E-state index is -0.410. The number of pyridine rings is 1. The second-order valence-electron chi connectivity index (χ2n) is 8.47. The Morgan fingerprint density at radius 1 is 1.07 bits per heavy atom. The van der Waals surface area contributed by atoms with Gasteiger partial charge in [-0.1, -0.05) is 44.2 Å². The zero-order chi connectivity index (χ0) is 20.2. The minimum Gasteiger partial charge on any atom is -0.343 e. The molecule has 3 heterocycles. The van der Waals surface area contributed by atoms with E-state index in [4.69, 9.17) is 0 Å². The first kappa shape index (κ1) is 17.7. The van der Waals surface area contributed by atoms with E-state index in [0.717, 1.165) is 16.9 Å². The van der Waals surface area contributed by atoms with Crippen molar-refractivity contribution in [2.24, 2.45) is 11.3 Å². The molecule has 1 aromatic carbocycles. The Bertz CT molecular complexity index is 1170. The molecule has 2 atom stereocenters. The molecule has 29 heavy (non-hydrogen) atoms. The third kappa shape index (κ3) is 2.83. The van der Waals surface area contributed by atoms with Crippen molar-refractivity contribution in [2.45, 2.75) is 26.2 Å². The summed E-state index contributed by atoms with van der Waals surface area (Å²) < 4.78 is 1.54. The van der Waals surface area contributed by atoms with Crippen molar-refractivity contribution in [3.05, 3.63) is 88.1 Å². The van der Waals surface area contributed by atoms with Gasteiger partial charge in [-0.15, -0.1) is 0 Å². The second-order valence-corrected chi connectivity index (χ2v) is 8.47. The van der Waals surface area contributed by atoms with E-state index in [0.29, 0.717) is 17.8 Å². The molecule has 6 nitrogen and oxygen atoms in total. The summed E-state index contributed by atoms with van der Waals surface area (Å²) in [7, 11) is 0. The molecule has 0 unspecified atom stereocenters. The zero-order valence-electron chi connectivity index (χ0n) is 16.3. The van der Waals surface area contributed by atoms with Crippen LogP contribution in [0.4, 0.5) is 5.82 Å². The van der Waals surface area contributed by atoms with Gasteiger partial charge in [0.25, 0.3) is 5.56 Å². The number of H-pyrrole nitrogens is 1. The summed E-state index contributed by atoms with van der Waals surface area (Å²) in [6.07, 6.45) is 6.03. The number of benzene rings is 1. The number of ketones is 1. The number of carbonyl (C=O) groups is 1. The Balaban J connectivity index is 1.76. The standard InChI is InChI=1S/C23H22N4O2/c1-23(2)11-16-19(17(28)12-23)18(14-7-6-10-24-13-14)20-21(25-16)26-27(22(20)29)15-8-4-3-5-9-15/h3-11,13,18-19,25-26H,12H2,1-2H3/t18-,19-/m1/s1. The van der Waals surface area contributed by atoms with Gasteiger partial charge in [0.2, 0.25) is 0 Å². The van der Waals surface area contributed by atoms with Crippen molar-refractivity contribution in [1.29, 1.82) is 0 Å². The third-order valence-electron chi connectivity index (χ3n) is 5.76. The molecule has 2 N–H and O–H groups in total. The summed E-state index contributed by atoms with van der Waals surface area (Å²) >= 11 is 0. The van der Waals surface area contributed by atoms with Crippen LogP contribution in [-0.2, 0) is 4.79 Å². The van der Waals surface area contributed by atoms with Gasteiger partial charge in [-0.2, -0.15) is 0 Å². The molecule has 5 rings (SSSR count). The topological polar surface area (TPSA) is 79.8 Å². The molecule has 0 saturated carbocycles. The molecule has 146 valence electrons. The first-order chi connectivity index (χ1) is 13.9. The number of allylic oxidation sites excluding steroid dienone is 2. The molecule has 0 fully saturated rings. The Hall–Kier alpha value is -3.41. The Morgan fingerprint density at radius 2 is 1.86 bits per heavy atom. The van der Waals surface area contributed by atoms with E-state index < -0.39 is 5.92 Å². The van der Waals surface area contributed by atoms with E-state index in [2.05, 4.69) is 35.3 Å². The van der Waals surface area contributed by atoms with Crippen molar-refractivity contribution >= 4 is 11.6 Å². The van der Waals surface area contributed by atoms with Crippen LogP contribution in [0.3, 0.4) is 0 Å². The number of hydrogen-bond acceptors (Lipinski definition) is 4. The fourth-order valence-corrected chi connectivity index (χ4v) is 4.60. The van der Waals surface area contributed by atoms with Crippen molar-refractivity contribution in [2.75, 3.05) is 5.32 Å². The van der Waals surface area contributed by atoms with Gasteiger partial charge in [0.15, 0.2) is 0 Å². The SMILES string of the molecule is CC1(C)C=C2Nc3[nH]n(-c4ccccc4)c(=O)c3[C@H](c3cccnc3)[C@H]2C(=O)C1. The summed E-state index contributed by atoms with van der Waals surface area (Å²) in [5.74, 6) is 0.00281. The highest BCUT2D eigenvalue weighted by atomic mass is 16.1. The van der Waals surface area contributed by atoms with Crippen molar-refractivity contribution < 1.29 is 4.79 Å². The van der Waals surface area contributed by atoms with Gasteiger partial charge >= 0.3 is 0 Å². The Labute approximate surface area is 168 Å². The van der Waals surface area contributed by atoms with Crippen LogP contribution in [0.5, 0.6) is 0 Å². The molecule has 0 saturated heterocycles. The van der Waals surface area contributed by atoms with Crippen LogP contribution in [0.25, 0.3) is 5.69 Å². The molecule has 0 spiro atoms. The molecule has 0 amide bonds. The lowest BCUT2D eigenvalue weighted by molar-refractivity contribution is -0.124. The minimum absolute atomic E-state index is 0.145. The molecule has 2 aliphatic rings. The van der Waals surface area contributed by atoms with Crippen LogP contribution in [-0.4, -0.2) is 20.5 Å². The molecule has 0 bridgehead atoms. The number of para-hydroxylation sites is 1. The number of carbonyl (C=O) groups excluding carboxylic acids is 1. The number of nitrogens with zero attached hydrogens (tertiary/aromatic N) is 2. The number of fused-ring (bicyclic) bond motifs is 2. The van der Waals surface area contributed by atoms with Gasteiger partial charge in [0, 0.05) is 30.4 Å². The number of aromatic nitrogens is 3. The van der Waals surface area contributed by atoms with Crippen LogP contribution >= 0.6 is 0 Å². The monoisotopic (exact) mass is 386 g/mol. The molecule has 1 aliphatic carbocycles. The molecular formula is C23H22N4O2. The lowest BCUT2D eigenvalue weighted by atomic mass is 9.67. The molecular weight excluding hydrogens is 364 g/mol. The van der Waals surface area contributed by atoms with Crippen LogP contribution in [0, 0.1) is 11.3 Å². The highest BCUT2D eigenvalue weighted by Crippen LogP contribution is 2.47. The van der Waals surface area contributed by atoms with Crippen LogP contribution in [0.1, 0.15) is 37.3 Å². The molecule has 0 radical (unpaired) electrons. The van der Waals surface area contributed by atoms with Gasteiger partial charge < -0.3 is 5.32 Å². The zero-order valence-corrected chi connectivity index (χ0v) is 16.3. The molecule has 6 heteroatoms. The average molecular weight is 386 g/mol. The predicted octanol–water partition coefficient (Wildman–Crippen LogP) is 3.62. The number of rotatable bonds is 2. The maximum atomic E-state index is 13.4. The maximum absolute atomic E-state index is 13.4. The first-order valence-corrected chi connectivity index (χ1v) is 9.77. The van der Waals surface area contributed by atoms with Crippen LogP contribution in [0.15, 0.2) is 71.4 Å². The lowest BCUT2D eigenvalue weighted by Gasteiger charge is -2.39.